The van der Waals surface area contributed by atoms with Gasteiger partial charge < -0.3 is 0 Å². The molecule has 102 valence electrons. The van der Waals surface area contributed by atoms with Gasteiger partial charge in [-0.15, -0.1) is 9.50 Å². The van der Waals surface area contributed by atoms with E-state index in [9.17, 15) is 4.79 Å². The van der Waals surface area contributed by atoms with Crippen molar-refractivity contribution in [2.24, 2.45) is 0 Å². The Balaban J connectivity index is 2.18. The molecule has 1 N–H and O–H groups in total. The lowest BCUT2D eigenvalue weighted by Crippen LogP contribution is -2.23. The first-order valence-corrected chi connectivity index (χ1v) is 6.80. The van der Waals surface area contributed by atoms with Crippen LogP contribution in [0.25, 0.3) is 22.2 Å². The molecule has 0 saturated carbocycles. The molecule has 0 radical (unpaired) electrons. The van der Waals surface area contributed by atoms with Crippen molar-refractivity contribution >= 4 is 28.2 Å². The lowest BCUT2D eigenvalue weighted by molar-refractivity contribution is -0.347. The second-order valence-electron chi connectivity index (χ2n) is 4.65. The van der Waals surface area contributed by atoms with E-state index in [0.29, 0.717) is 11.3 Å². The fourth-order valence-electron chi connectivity index (χ4n) is 2.41. The highest BCUT2D eigenvalue weighted by molar-refractivity contribution is 6.28. The number of aromatic nitrogens is 4. The van der Waals surface area contributed by atoms with Crippen LogP contribution < -0.4 is 10.7 Å². The number of hydrogen-bond donors (Lipinski definition) is 0. The number of aromatic amines is 1. The molecule has 21 heavy (non-hydrogen) atoms. The first-order valence-electron chi connectivity index (χ1n) is 6.42. The Morgan fingerprint density at radius 3 is 2.52 bits per heavy atom. The number of benzene rings is 2. The summed E-state index contributed by atoms with van der Waals surface area (Å²) in [4.78, 5) is 15.6. The van der Waals surface area contributed by atoms with Crippen LogP contribution in [-0.2, 0) is 0 Å². The molecule has 2 aromatic carbocycles. The van der Waals surface area contributed by atoms with Crippen molar-refractivity contribution in [2.75, 3.05) is 0 Å². The zero-order chi connectivity index (χ0) is 14.4. The number of para-hydroxylation sites is 2. The molecule has 0 spiro atoms. The lowest BCUT2D eigenvalue weighted by atomic mass is 10.2. The smallest absolute Gasteiger partial charge is 0.229 e. The van der Waals surface area contributed by atoms with Crippen molar-refractivity contribution in [3.63, 3.8) is 0 Å². The molecule has 4 rings (SSSR count). The molecule has 0 atom stereocenters. The third-order valence-electron chi connectivity index (χ3n) is 3.38. The largest absolute Gasteiger partial charge is 0.444 e. The minimum absolute atomic E-state index is 0.232. The molecule has 4 aromatic rings. The standard InChI is InChI=1S/C15H9ClN4O/c16-14-17-12-9-5-4-8-11(12)13-18-20(15(21)19(13)14)10-6-2-1-3-7-10/h1-9H/p+1. The van der Waals surface area contributed by atoms with Gasteiger partial charge in [0.15, 0.2) is 0 Å². The van der Waals surface area contributed by atoms with Crippen molar-refractivity contribution < 1.29 is 4.98 Å². The van der Waals surface area contributed by atoms with Crippen LogP contribution in [0.1, 0.15) is 0 Å². The second-order valence-corrected chi connectivity index (χ2v) is 5.01. The molecule has 0 amide bonds. The average Bonchev–Trinajstić information content (AvgIpc) is 2.87. The maximum Gasteiger partial charge on any atom is 0.444 e. The monoisotopic (exact) mass is 297 g/mol. The van der Waals surface area contributed by atoms with Gasteiger partial charge in [-0.2, -0.15) is 4.68 Å². The molecule has 0 saturated heterocycles. The van der Waals surface area contributed by atoms with Crippen LogP contribution in [0.4, 0.5) is 0 Å². The second kappa shape index (κ2) is 4.43. The lowest BCUT2D eigenvalue weighted by Gasteiger charge is -1.94. The summed E-state index contributed by atoms with van der Waals surface area (Å²) in [6.07, 6.45) is 0. The number of halogens is 1. The van der Waals surface area contributed by atoms with E-state index in [4.69, 9.17) is 11.6 Å². The molecule has 0 aliphatic heterocycles. The summed E-state index contributed by atoms with van der Waals surface area (Å²) in [5.74, 6) is 0. The normalized spacial score (nSPS) is 11.3. The Bertz CT molecular complexity index is 1020. The number of nitrogens with zero attached hydrogens (tertiary/aromatic N) is 3. The molecule has 0 aliphatic carbocycles. The van der Waals surface area contributed by atoms with E-state index in [-0.39, 0.29) is 11.0 Å². The van der Waals surface area contributed by atoms with Crippen molar-refractivity contribution in [1.29, 1.82) is 0 Å². The Morgan fingerprint density at radius 2 is 1.71 bits per heavy atom. The molecule has 0 fully saturated rings. The van der Waals surface area contributed by atoms with Gasteiger partial charge >= 0.3 is 11.0 Å². The van der Waals surface area contributed by atoms with Crippen LogP contribution in [-0.4, -0.2) is 14.2 Å². The van der Waals surface area contributed by atoms with Crippen LogP contribution in [0.2, 0.25) is 5.28 Å². The molecule has 0 bridgehead atoms. The average molecular weight is 298 g/mol. The zero-order valence-corrected chi connectivity index (χ0v) is 11.6. The summed E-state index contributed by atoms with van der Waals surface area (Å²) in [5, 5.41) is 5.51. The maximum absolute atomic E-state index is 12.6. The number of hydrogen-bond acceptors (Lipinski definition) is 2. The van der Waals surface area contributed by atoms with Gasteiger partial charge in [0.05, 0.1) is 11.1 Å². The summed E-state index contributed by atoms with van der Waals surface area (Å²) in [5.41, 5.74) is 1.76. The molecule has 6 heteroatoms. The van der Waals surface area contributed by atoms with Crippen LogP contribution in [0.3, 0.4) is 0 Å². The third-order valence-corrected chi connectivity index (χ3v) is 3.65. The number of nitrogens with one attached hydrogen (secondary N) is 1. The molecular weight excluding hydrogens is 288 g/mol. The Hall–Kier alpha value is -2.66. The predicted octanol–water partition coefficient (Wildman–Crippen LogP) is 2.11. The SMILES string of the molecule is O=c1n(-c2ccccc2)nc2c3ccccc3[nH+]c(Cl)n12. The van der Waals surface area contributed by atoms with E-state index in [0.717, 1.165) is 10.9 Å². The summed E-state index contributed by atoms with van der Waals surface area (Å²) < 4.78 is 2.72. The molecule has 2 aromatic heterocycles. The fraction of sp³-hybridized carbons (Fsp3) is 0. The first-order chi connectivity index (χ1) is 10.3. The van der Waals surface area contributed by atoms with Crippen LogP contribution in [0.15, 0.2) is 59.4 Å². The Labute approximate surface area is 124 Å². The van der Waals surface area contributed by atoms with E-state index in [1.807, 2.05) is 54.6 Å². The van der Waals surface area contributed by atoms with Gasteiger partial charge in [-0.05, 0) is 24.3 Å². The van der Waals surface area contributed by atoms with Gasteiger partial charge in [-0.3, -0.25) is 0 Å². The summed E-state index contributed by atoms with van der Waals surface area (Å²) in [6, 6.07) is 16.9. The predicted molar refractivity (Wildman–Crippen MR) is 79.9 cm³/mol. The third kappa shape index (κ3) is 1.75. The van der Waals surface area contributed by atoms with E-state index < -0.39 is 0 Å². The first kappa shape index (κ1) is 12.1. The summed E-state index contributed by atoms with van der Waals surface area (Å²) in [7, 11) is 0. The van der Waals surface area contributed by atoms with Crippen molar-refractivity contribution in [2.45, 2.75) is 0 Å². The Kier molecular flexibility index (Phi) is 2.55. The topological polar surface area (TPSA) is 53.4 Å². The van der Waals surface area contributed by atoms with Gasteiger partial charge in [0.2, 0.25) is 0 Å². The quantitative estimate of drug-likeness (QED) is 0.505. The molecule has 5 nitrogen and oxygen atoms in total. The van der Waals surface area contributed by atoms with Gasteiger partial charge in [0.1, 0.15) is 5.52 Å². The highest BCUT2D eigenvalue weighted by atomic mass is 35.5. The molecule has 2 heterocycles. The van der Waals surface area contributed by atoms with Gasteiger partial charge in [-0.1, -0.05) is 30.3 Å². The number of rotatable bonds is 1. The molecule has 0 aliphatic rings. The van der Waals surface area contributed by atoms with E-state index in [1.165, 1.54) is 9.08 Å². The molecule has 0 unspecified atom stereocenters. The minimum Gasteiger partial charge on any atom is -0.229 e. The van der Waals surface area contributed by atoms with Gasteiger partial charge in [-0.25, -0.2) is 9.78 Å². The van der Waals surface area contributed by atoms with E-state index in [1.54, 1.807) is 0 Å². The van der Waals surface area contributed by atoms with Crippen molar-refractivity contribution in [1.82, 2.24) is 14.2 Å². The number of fused-ring (bicyclic) bond motifs is 3. The minimum atomic E-state index is -0.303. The molecular formula is C15H10ClN4O+. The number of H-pyrrole nitrogens is 1. The summed E-state index contributed by atoms with van der Waals surface area (Å²) >= 11 is 6.20. The van der Waals surface area contributed by atoms with Crippen molar-refractivity contribution in [3.05, 3.63) is 70.4 Å². The van der Waals surface area contributed by atoms with Crippen LogP contribution in [0.5, 0.6) is 0 Å². The van der Waals surface area contributed by atoms with Crippen LogP contribution in [0, 0.1) is 0 Å². The van der Waals surface area contributed by atoms with Gasteiger partial charge in [0, 0.05) is 11.6 Å². The highest BCUT2D eigenvalue weighted by Crippen LogP contribution is 2.16. The summed E-state index contributed by atoms with van der Waals surface area (Å²) in [6.45, 7) is 0. The van der Waals surface area contributed by atoms with Crippen LogP contribution >= 0.6 is 11.6 Å². The maximum atomic E-state index is 12.6. The fourth-order valence-corrected chi connectivity index (χ4v) is 2.66. The zero-order valence-electron chi connectivity index (χ0n) is 10.8. The van der Waals surface area contributed by atoms with E-state index >= 15 is 0 Å². The van der Waals surface area contributed by atoms with Gasteiger partial charge in [0.25, 0.3) is 5.65 Å². The van der Waals surface area contributed by atoms with E-state index in [2.05, 4.69) is 10.1 Å². The Morgan fingerprint density at radius 1 is 1.00 bits per heavy atom. The van der Waals surface area contributed by atoms with Crippen molar-refractivity contribution in [3.8, 4) is 5.69 Å². The highest BCUT2D eigenvalue weighted by Gasteiger charge is 2.21.